The number of nitrogens with zero attached hydrogens (tertiary/aromatic N) is 2. The second kappa shape index (κ2) is 5.48. The summed E-state index contributed by atoms with van der Waals surface area (Å²) >= 11 is 0. The quantitative estimate of drug-likeness (QED) is 0.936. The van der Waals surface area contributed by atoms with Gasteiger partial charge in [0.05, 0.1) is 5.69 Å². The molecule has 1 aromatic heterocycles. The van der Waals surface area contributed by atoms with Gasteiger partial charge >= 0.3 is 0 Å². The van der Waals surface area contributed by atoms with Gasteiger partial charge in [-0.3, -0.25) is 9.48 Å². The maximum absolute atomic E-state index is 13.9. The summed E-state index contributed by atoms with van der Waals surface area (Å²) in [5.74, 6) is -1.47. The first-order valence-electron chi connectivity index (χ1n) is 6.56. The molecular formula is C14H17F2N3O. The lowest BCUT2D eigenvalue weighted by Gasteiger charge is -2.14. The van der Waals surface area contributed by atoms with Crippen LogP contribution in [0.5, 0.6) is 0 Å². The summed E-state index contributed by atoms with van der Waals surface area (Å²) in [6.45, 7) is 4.36. The van der Waals surface area contributed by atoms with E-state index in [1.165, 1.54) is 10.7 Å². The van der Waals surface area contributed by atoms with E-state index >= 15 is 0 Å². The number of halogens is 2. The van der Waals surface area contributed by atoms with E-state index in [1.54, 1.807) is 4.68 Å². The number of aromatic nitrogens is 2. The van der Waals surface area contributed by atoms with Crippen LogP contribution in [0.3, 0.4) is 0 Å². The molecule has 0 amide bonds. The number of anilines is 1. The monoisotopic (exact) mass is 281 g/mol. The smallest absolute Gasteiger partial charge is 0.294 e. The molecule has 4 nitrogen and oxygen atoms in total. The third kappa shape index (κ3) is 2.21. The minimum atomic E-state index is -0.787. The maximum atomic E-state index is 13.9. The molecule has 0 aliphatic heterocycles. The number of hydrogen-bond acceptors (Lipinski definition) is 2. The first kappa shape index (κ1) is 14.3. The molecule has 2 rings (SSSR count). The maximum Gasteiger partial charge on any atom is 0.294 e. The molecular weight excluding hydrogens is 264 g/mol. The van der Waals surface area contributed by atoms with Crippen LogP contribution in [0.1, 0.15) is 26.0 Å². The van der Waals surface area contributed by atoms with E-state index in [1.807, 2.05) is 13.8 Å². The highest BCUT2D eigenvalue weighted by Gasteiger charge is 2.19. The molecule has 20 heavy (non-hydrogen) atoms. The highest BCUT2D eigenvalue weighted by atomic mass is 19.1. The molecule has 0 aliphatic carbocycles. The Morgan fingerprint density at radius 2 is 1.95 bits per heavy atom. The average molecular weight is 281 g/mol. The van der Waals surface area contributed by atoms with E-state index in [2.05, 4.69) is 0 Å². The Hall–Kier alpha value is -2.11. The van der Waals surface area contributed by atoms with E-state index in [0.29, 0.717) is 18.7 Å². The van der Waals surface area contributed by atoms with Crippen molar-refractivity contribution in [2.24, 2.45) is 0 Å². The van der Waals surface area contributed by atoms with E-state index in [4.69, 9.17) is 5.73 Å². The molecule has 0 aliphatic rings. The van der Waals surface area contributed by atoms with Gasteiger partial charge in [-0.05, 0) is 25.0 Å². The van der Waals surface area contributed by atoms with Crippen molar-refractivity contribution in [3.05, 3.63) is 45.9 Å². The molecule has 0 saturated carbocycles. The molecule has 1 aromatic carbocycles. The highest BCUT2D eigenvalue weighted by Crippen LogP contribution is 2.18. The zero-order valence-corrected chi connectivity index (χ0v) is 11.5. The van der Waals surface area contributed by atoms with Gasteiger partial charge in [-0.25, -0.2) is 13.5 Å². The molecule has 0 spiro atoms. The van der Waals surface area contributed by atoms with E-state index in [9.17, 15) is 13.6 Å². The standard InChI is InChI=1S/C14H17F2N3O/c1-3-7-18-11(4-2)13(17)14(20)19(18)12-6-5-9(15)8-10(12)16/h5-6,8H,3-4,7,17H2,1-2H3. The summed E-state index contributed by atoms with van der Waals surface area (Å²) in [7, 11) is 0. The van der Waals surface area contributed by atoms with E-state index in [-0.39, 0.29) is 11.4 Å². The minimum absolute atomic E-state index is 0.0104. The van der Waals surface area contributed by atoms with Crippen LogP contribution >= 0.6 is 0 Å². The second-order valence-electron chi connectivity index (χ2n) is 4.55. The molecule has 0 atom stereocenters. The topological polar surface area (TPSA) is 52.9 Å². The lowest BCUT2D eigenvalue weighted by atomic mass is 10.3. The van der Waals surface area contributed by atoms with Gasteiger partial charge < -0.3 is 5.73 Å². The third-order valence-corrected chi connectivity index (χ3v) is 3.19. The van der Waals surface area contributed by atoms with Gasteiger partial charge in [0.1, 0.15) is 17.2 Å². The van der Waals surface area contributed by atoms with Crippen molar-refractivity contribution in [3.63, 3.8) is 0 Å². The van der Waals surface area contributed by atoms with E-state index in [0.717, 1.165) is 18.6 Å². The number of rotatable bonds is 4. The number of hydrogen-bond donors (Lipinski definition) is 1. The van der Waals surface area contributed by atoms with Crippen LogP contribution in [-0.2, 0) is 13.0 Å². The van der Waals surface area contributed by atoms with Crippen LogP contribution in [0.25, 0.3) is 5.69 Å². The van der Waals surface area contributed by atoms with Crippen LogP contribution in [0.2, 0.25) is 0 Å². The zero-order valence-electron chi connectivity index (χ0n) is 11.5. The number of nitrogens with two attached hydrogens (primary N) is 1. The van der Waals surface area contributed by atoms with Crippen molar-refractivity contribution in [3.8, 4) is 5.69 Å². The van der Waals surface area contributed by atoms with Gasteiger partial charge in [0, 0.05) is 12.6 Å². The van der Waals surface area contributed by atoms with Gasteiger partial charge in [0.15, 0.2) is 5.82 Å². The first-order chi connectivity index (χ1) is 9.51. The van der Waals surface area contributed by atoms with Gasteiger partial charge in [-0.2, -0.15) is 0 Å². The Balaban J connectivity index is 2.75. The average Bonchev–Trinajstić information content (AvgIpc) is 2.63. The summed E-state index contributed by atoms with van der Waals surface area (Å²) < 4.78 is 29.8. The van der Waals surface area contributed by atoms with Crippen LogP contribution in [-0.4, -0.2) is 9.36 Å². The summed E-state index contributed by atoms with van der Waals surface area (Å²) in [5.41, 5.74) is 6.13. The summed E-state index contributed by atoms with van der Waals surface area (Å²) in [5, 5.41) is 0. The van der Waals surface area contributed by atoms with Crippen molar-refractivity contribution < 1.29 is 8.78 Å². The Kier molecular flexibility index (Phi) is 3.92. The first-order valence-corrected chi connectivity index (χ1v) is 6.56. The molecule has 108 valence electrons. The Bertz CT molecular complexity index is 688. The normalized spacial score (nSPS) is 11.0. The fraction of sp³-hybridized carbons (Fsp3) is 0.357. The largest absolute Gasteiger partial charge is 0.393 e. The fourth-order valence-corrected chi connectivity index (χ4v) is 2.32. The molecule has 0 unspecified atom stereocenters. The molecule has 0 bridgehead atoms. The summed E-state index contributed by atoms with van der Waals surface area (Å²) in [6, 6.07) is 3.12. The van der Waals surface area contributed by atoms with Crippen molar-refractivity contribution in [1.82, 2.24) is 9.36 Å². The number of nitrogen functional groups attached to an aromatic ring is 1. The molecule has 2 N–H and O–H groups in total. The van der Waals surface area contributed by atoms with Crippen molar-refractivity contribution in [2.45, 2.75) is 33.2 Å². The molecule has 0 fully saturated rings. The van der Waals surface area contributed by atoms with Gasteiger partial charge in [-0.1, -0.05) is 13.8 Å². The Morgan fingerprint density at radius 3 is 2.50 bits per heavy atom. The predicted molar refractivity (Wildman–Crippen MR) is 74.0 cm³/mol. The molecule has 6 heteroatoms. The second-order valence-corrected chi connectivity index (χ2v) is 4.55. The minimum Gasteiger partial charge on any atom is -0.393 e. The zero-order chi connectivity index (χ0) is 14.9. The molecule has 2 aromatic rings. The van der Waals surface area contributed by atoms with Crippen LogP contribution in [0.4, 0.5) is 14.5 Å². The summed E-state index contributed by atoms with van der Waals surface area (Å²) in [4.78, 5) is 12.2. The highest BCUT2D eigenvalue weighted by molar-refractivity contribution is 5.46. The Labute approximate surface area is 115 Å². The molecule has 0 saturated heterocycles. The van der Waals surface area contributed by atoms with Gasteiger partial charge in [-0.15, -0.1) is 0 Å². The van der Waals surface area contributed by atoms with Crippen molar-refractivity contribution in [1.29, 1.82) is 0 Å². The van der Waals surface area contributed by atoms with Crippen LogP contribution < -0.4 is 11.3 Å². The third-order valence-electron chi connectivity index (χ3n) is 3.19. The van der Waals surface area contributed by atoms with Crippen molar-refractivity contribution >= 4 is 5.69 Å². The van der Waals surface area contributed by atoms with Crippen molar-refractivity contribution in [2.75, 3.05) is 5.73 Å². The number of benzene rings is 1. The van der Waals surface area contributed by atoms with Crippen LogP contribution in [0, 0.1) is 11.6 Å². The van der Waals surface area contributed by atoms with Gasteiger partial charge in [0.25, 0.3) is 5.56 Å². The Morgan fingerprint density at radius 1 is 1.25 bits per heavy atom. The summed E-state index contributed by atoms with van der Waals surface area (Å²) in [6.07, 6.45) is 1.33. The fourth-order valence-electron chi connectivity index (χ4n) is 2.32. The lowest BCUT2D eigenvalue weighted by Crippen LogP contribution is -2.23. The predicted octanol–water partition coefficient (Wildman–Crippen LogP) is 2.47. The lowest BCUT2D eigenvalue weighted by molar-refractivity contribution is 0.496. The van der Waals surface area contributed by atoms with Gasteiger partial charge in [0.2, 0.25) is 0 Å². The molecule has 1 heterocycles. The van der Waals surface area contributed by atoms with E-state index < -0.39 is 17.2 Å². The van der Waals surface area contributed by atoms with Crippen LogP contribution in [0.15, 0.2) is 23.0 Å². The molecule has 0 radical (unpaired) electrons. The SMILES string of the molecule is CCCn1c(CC)c(N)c(=O)n1-c1ccc(F)cc1F.